The molecule has 0 spiro atoms. The first-order chi connectivity index (χ1) is 6.65. The molecule has 4 heteroatoms. The van der Waals surface area contributed by atoms with E-state index < -0.39 is 0 Å². The Bertz CT molecular complexity index is 333. The third-order valence-electron chi connectivity index (χ3n) is 1.76. The Hall–Kier alpha value is -1.22. The summed E-state index contributed by atoms with van der Waals surface area (Å²) in [5.41, 5.74) is 0.363. The zero-order valence-electron chi connectivity index (χ0n) is 7.92. The van der Waals surface area contributed by atoms with Gasteiger partial charge in [-0.25, -0.2) is 0 Å². The zero-order valence-corrected chi connectivity index (χ0v) is 8.67. The fourth-order valence-electron chi connectivity index (χ4n) is 1.07. The van der Waals surface area contributed by atoms with Crippen LogP contribution in [0.2, 0.25) is 5.22 Å². The largest absolute Gasteiger partial charge is 0.452 e. The van der Waals surface area contributed by atoms with E-state index in [-0.39, 0.29) is 17.2 Å². The maximum Gasteiger partial charge on any atom is 0.256 e. The Labute approximate surface area is 87.7 Å². The number of amides is 1. The van der Waals surface area contributed by atoms with Gasteiger partial charge in [0, 0.05) is 6.04 Å². The van der Waals surface area contributed by atoms with Gasteiger partial charge in [-0.2, -0.15) is 0 Å². The maximum atomic E-state index is 11.5. The normalized spacial score (nSPS) is 12.1. The van der Waals surface area contributed by atoms with Gasteiger partial charge >= 0.3 is 0 Å². The maximum absolute atomic E-state index is 11.5. The molecule has 0 aromatic carbocycles. The lowest BCUT2D eigenvalue weighted by Gasteiger charge is -2.10. The third kappa shape index (κ3) is 2.64. The van der Waals surface area contributed by atoms with E-state index in [4.69, 9.17) is 16.0 Å². The first-order valence-electron chi connectivity index (χ1n) is 4.30. The number of hydrogen-bond acceptors (Lipinski definition) is 2. The number of halogens is 1. The molecule has 0 radical (unpaired) electrons. The van der Waals surface area contributed by atoms with Crippen molar-refractivity contribution < 1.29 is 9.21 Å². The highest BCUT2D eigenvalue weighted by atomic mass is 35.5. The van der Waals surface area contributed by atoms with Crippen LogP contribution in [0.3, 0.4) is 0 Å². The Morgan fingerprint density at radius 1 is 1.86 bits per heavy atom. The number of hydrogen-bond donors (Lipinski definition) is 1. The van der Waals surface area contributed by atoms with Crippen molar-refractivity contribution in [3.05, 3.63) is 35.8 Å². The molecule has 1 N–H and O–H groups in total. The molecule has 0 aliphatic heterocycles. The number of carbonyl (C=O) groups is 1. The lowest BCUT2D eigenvalue weighted by atomic mass is 10.2. The van der Waals surface area contributed by atoms with Crippen LogP contribution >= 0.6 is 11.6 Å². The summed E-state index contributed by atoms with van der Waals surface area (Å²) in [6, 6.07) is 1.59. The average Bonchev–Trinajstić information content (AvgIpc) is 2.51. The van der Waals surface area contributed by atoms with Gasteiger partial charge in [-0.15, -0.1) is 6.58 Å². The molecule has 0 aliphatic rings. The standard InChI is InChI=1S/C10H12ClNO2/c1-3-4-7(2)12-10(13)8-5-6-14-9(8)11/h3,5-7H,1,4H2,2H3,(H,12,13). The van der Waals surface area contributed by atoms with Crippen molar-refractivity contribution in [3.8, 4) is 0 Å². The minimum absolute atomic E-state index is 0.0472. The molecule has 1 amide bonds. The van der Waals surface area contributed by atoms with Gasteiger partial charge in [0.15, 0.2) is 0 Å². The minimum atomic E-state index is -0.224. The van der Waals surface area contributed by atoms with Gasteiger partial charge in [-0.05, 0) is 31.0 Å². The Kier molecular flexibility index (Phi) is 3.77. The van der Waals surface area contributed by atoms with Gasteiger partial charge in [0.1, 0.15) is 0 Å². The predicted molar refractivity (Wildman–Crippen MR) is 55.5 cm³/mol. The van der Waals surface area contributed by atoms with Gasteiger partial charge < -0.3 is 9.73 Å². The Balaban J connectivity index is 2.59. The Morgan fingerprint density at radius 3 is 3.07 bits per heavy atom. The number of nitrogens with one attached hydrogen (secondary N) is 1. The summed E-state index contributed by atoms with van der Waals surface area (Å²) in [6.07, 6.45) is 3.86. The lowest BCUT2D eigenvalue weighted by molar-refractivity contribution is 0.0940. The summed E-state index contributed by atoms with van der Waals surface area (Å²) in [5, 5.41) is 2.89. The number of furan rings is 1. The smallest absolute Gasteiger partial charge is 0.256 e. The van der Waals surface area contributed by atoms with Gasteiger partial charge in [0.05, 0.1) is 11.8 Å². The van der Waals surface area contributed by atoms with Crippen LogP contribution in [-0.4, -0.2) is 11.9 Å². The van der Waals surface area contributed by atoms with Crippen LogP contribution in [0, 0.1) is 0 Å². The van der Waals surface area contributed by atoms with Crippen LogP contribution < -0.4 is 5.32 Å². The lowest BCUT2D eigenvalue weighted by Crippen LogP contribution is -2.31. The molecule has 0 aliphatic carbocycles. The first kappa shape index (κ1) is 10.9. The molecule has 1 rings (SSSR count). The molecular formula is C10H12ClNO2. The summed E-state index contributed by atoms with van der Waals surface area (Å²) in [6.45, 7) is 5.49. The van der Waals surface area contributed by atoms with Crippen molar-refractivity contribution in [3.63, 3.8) is 0 Å². The zero-order chi connectivity index (χ0) is 10.6. The number of carbonyl (C=O) groups excluding carboxylic acids is 1. The molecule has 1 heterocycles. The molecule has 0 bridgehead atoms. The molecule has 1 aromatic heterocycles. The first-order valence-corrected chi connectivity index (χ1v) is 4.67. The van der Waals surface area contributed by atoms with E-state index in [0.717, 1.165) is 6.42 Å². The predicted octanol–water partition coefficient (Wildman–Crippen LogP) is 2.63. The molecule has 0 saturated carbocycles. The van der Waals surface area contributed by atoms with Crippen molar-refractivity contribution in [2.75, 3.05) is 0 Å². The van der Waals surface area contributed by atoms with E-state index >= 15 is 0 Å². The van der Waals surface area contributed by atoms with Crippen LogP contribution in [0.1, 0.15) is 23.7 Å². The summed E-state index contributed by atoms with van der Waals surface area (Å²) < 4.78 is 4.81. The van der Waals surface area contributed by atoms with Gasteiger partial charge in [-0.1, -0.05) is 6.08 Å². The topological polar surface area (TPSA) is 42.2 Å². The molecule has 1 aromatic rings. The molecule has 76 valence electrons. The summed E-state index contributed by atoms with van der Waals surface area (Å²) in [4.78, 5) is 11.5. The highest BCUT2D eigenvalue weighted by Crippen LogP contribution is 2.16. The van der Waals surface area contributed by atoms with Crippen molar-refractivity contribution in [2.24, 2.45) is 0 Å². The molecule has 0 saturated heterocycles. The summed E-state index contributed by atoms with van der Waals surface area (Å²) in [5.74, 6) is -0.224. The minimum Gasteiger partial charge on any atom is -0.452 e. The van der Waals surface area contributed by atoms with E-state index in [1.807, 2.05) is 6.92 Å². The molecule has 3 nitrogen and oxygen atoms in total. The second-order valence-corrected chi connectivity index (χ2v) is 3.35. The fraction of sp³-hybridized carbons (Fsp3) is 0.300. The molecule has 1 atom stereocenters. The molecule has 14 heavy (non-hydrogen) atoms. The Morgan fingerprint density at radius 2 is 2.57 bits per heavy atom. The highest BCUT2D eigenvalue weighted by molar-refractivity contribution is 6.32. The van der Waals surface area contributed by atoms with Crippen molar-refractivity contribution in [1.82, 2.24) is 5.32 Å². The van der Waals surface area contributed by atoms with Crippen LogP contribution in [-0.2, 0) is 0 Å². The van der Waals surface area contributed by atoms with Crippen LogP contribution in [0.15, 0.2) is 29.4 Å². The van der Waals surface area contributed by atoms with E-state index in [1.54, 1.807) is 6.08 Å². The molecular weight excluding hydrogens is 202 g/mol. The van der Waals surface area contributed by atoms with E-state index in [9.17, 15) is 4.79 Å². The second kappa shape index (κ2) is 4.86. The van der Waals surface area contributed by atoms with E-state index in [1.165, 1.54) is 12.3 Å². The fourth-order valence-corrected chi connectivity index (χ4v) is 1.27. The summed E-state index contributed by atoms with van der Waals surface area (Å²) >= 11 is 5.65. The number of rotatable bonds is 4. The van der Waals surface area contributed by atoms with Crippen LogP contribution in [0.25, 0.3) is 0 Å². The quantitative estimate of drug-likeness (QED) is 0.782. The van der Waals surface area contributed by atoms with Gasteiger partial charge in [0.2, 0.25) is 5.22 Å². The van der Waals surface area contributed by atoms with Crippen LogP contribution in [0.4, 0.5) is 0 Å². The molecule has 0 fully saturated rings. The van der Waals surface area contributed by atoms with Crippen LogP contribution in [0.5, 0.6) is 0 Å². The van der Waals surface area contributed by atoms with Crippen molar-refractivity contribution in [1.29, 1.82) is 0 Å². The SMILES string of the molecule is C=CCC(C)NC(=O)c1ccoc1Cl. The van der Waals surface area contributed by atoms with Crippen molar-refractivity contribution in [2.45, 2.75) is 19.4 Å². The van der Waals surface area contributed by atoms with Gasteiger partial charge in [-0.3, -0.25) is 4.79 Å². The van der Waals surface area contributed by atoms with E-state index in [0.29, 0.717) is 5.56 Å². The second-order valence-electron chi connectivity index (χ2n) is 3.01. The van der Waals surface area contributed by atoms with Crippen molar-refractivity contribution >= 4 is 17.5 Å². The average molecular weight is 214 g/mol. The summed E-state index contributed by atoms with van der Waals surface area (Å²) in [7, 11) is 0. The van der Waals surface area contributed by atoms with Gasteiger partial charge in [0.25, 0.3) is 5.91 Å². The monoisotopic (exact) mass is 213 g/mol. The highest BCUT2D eigenvalue weighted by Gasteiger charge is 2.14. The molecule has 1 unspecified atom stereocenters. The van der Waals surface area contributed by atoms with E-state index in [2.05, 4.69) is 11.9 Å². The third-order valence-corrected chi connectivity index (χ3v) is 2.05.